The highest BCUT2D eigenvalue weighted by molar-refractivity contribution is 5.16. The fourth-order valence-corrected chi connectivity index (χ4v) is 2.61. The molecule has 0 heterocycles. The summed E-state index contributed by atoms with van der Waals surface area (Å²) in [5, 5.41) is 0. The third-order valence-electron chi connectivity index (χ3n) is 4.00. The Morgan fingerprint density at radius 2 is 1.09 bits per heavy atom. The third kappa shape index (κ3) is 6.25. The van der Waals surface area contributed by atoms with Crippen LogP contribution < -0.4 is 0 Å². The molecule has 120 valence electrons. The summed E-state index contributed by atoms with van der Waals surface area (Å²) in [4.78, 5) is 0. The zero-order chi connectivity index (χ0) is 16.3. The highest BCUT2D eigenvalue weighted by Gasteiger charge is 2.12. The Labute approximate surface area is 140 Å². The molecule has 1 nitrogen and oxygen atoms in total. The van der Waals surface area contributed by atoms with Gasteiger partial charge in [0.15, 0.2) is 0 Å². The van der Waals surface area contributed by atoms with Crippen molar-refractivity contribution >= 4 is 0 Å². The van der Waals surface area contributed by atoms with Crippen LogP contribution in [0.1, 0.15) is 24.0 Å². The van der Waals surface area contributed by atoms with Crippen LogP contribution in [0.4, 0.5) is 0 Å². The summed E-state index contributed by atoms with van der Waals surface area (Å²) in [6, 6.07) is 21.0. The van der Waals surface area contributed by atoms with Crippen LogP contribution in [0.25, 0.3) is 0 Å². The summed E-state index contributed by atoms with van der Waals surface area (Å²) < 4.78 is 6.16. The Kier molecular flexibility index (Phi) is 7.35. The highest BCUT2D eigenvalue weighted by Crippen LogP contribution is 2.14. The van der Waals surface area contributed by atoms with Crippen LogP contribution in [0.3, 0.4) is 0 Å². The van der Waals surface area contributed by atoms with Gasteiger partial charge in [0.05, 0.1) is 12.2 Å². The van der Waals surface area contributed by atoms with Crippen molar-refractivity contribution < 1.29 is 4.74 Å². The maximum absolute atomic E-state index is 6.16. The second-order valence-corrected chi connectivity index (χ2v) is 5.73. The minimum absolute atomic E-state index is 0.0639. The molecule has 0 saturated carbocycles. The van der Waals surface area contributed by atoms with Crippen molar-refractivity contribution in [1.29, 1.82) is 0 Å². The van der Waals surface area contributed by atoms with Gasteiger partial charge in [0.2, 0.25) is 0 Å². The number of ether oxygens (including phenoxy) is 1. The molecular formula is C22H26O. The Morgan fingerprint density at radius 3 is 1.43 bits per heavy atom. The summed E-state index contributed by atoms with van der Waals surface area (Å²) in [7, 11) is 0. The lowest BCUT2D eigenvalue weighted by Gasteiger charge is -2.20. The maximum atomic E-state index is 6.16. The van der Waals surface area contributed by atoms with Crippen molar-refractivity contribution in [2.24, 2.45) is 0 Å². The van der Waals surface area contributed by atoms with E-state index in [-0.39, 0.29) is 12.2 Å². The number of hydrogen-bond donors (Lipinski definition) is 0. The van der Waals surface area contributed by atoms with E-state index in [1.165, 1.54) is 11.1 Å². The van der Waals surface area contributed by atoms with Crippen molar-refractivity contribution in [2.45, 2.75) is 37.9 Å². The molecule has 0 fully saturated rings. The van der Waals surface area contributed by atoms with Gasteiger partial charge in [0.1, 0.15) is 0 Å². The Bertz CT molecular complexity index is 520. The number of benzene rings is 2. The molecule has 1 heteroatoms. The molecule has 2 rings (SSSR count). The molecule has 2 atom stereocenters. The van der Waals surface area contributed by atoms with Crippen LogP contribution in [-0.2, 0) is 17.6 Å². The summed E-state index contributed by atoms with van der Waals surface area (Å²) in [5.41, 5.74) is 2.67. The first-order valence-electron chi connectivity index (χ1n) is 8.30. The van der Waals surface area contributed by atoms with Gasteiger partial charge in [-0.15, -0.1) is 13.2 Å². The van der Waals surface area contributed by atoms with Crippen molar-refractivity contribution in [3.63, 3.8) is 0 Å². The third-order valence-corrected chi connectivity index (χ3v) is 4.00. The van der Waals surface area contributed by atoms with Crippen molar-refractivity contribution in [2.75, 3.05) is 0 Å². The molecule has 0 aliphatic carbocycles. The zero-order valence-electron chi connectivity index (χ0n) is 13.7. The molecule has 2 unspecified atom stereocenters. The van der Waals surface area contributed by atoms with Gasteiger partial charge in [-0.25, -0.2) is 0 Å². The smallest absolute Gasteiger partial charge is 0.0764 e. The standard InChI is InChI=1S/C22H26O/c1-3-21(17-15-19-11-7-5-8-12-19)23-22(4-2)18-16-20-13-9-6-10-14-20/h3-14,21-22H,1-2,15-18H2. The lowest BCUT2D eigenvalue weighted by Crippen LogP contribution is -2.20. The van der Waals surface area contributed by atoms with E-state index in [4.69, 9.17) is 4.74 Å². The minimum atomic E-state index is 0.0639. The zero-order valence-corrected chi connectivity index (χ0v) is 13.7. The van der Waals surface area contributed by atoms with Gasteiger partial charge in [0, 0.05) is 0 Å². The second kappa shape index (κ2) is 9.81. The Balaban J connectivity index is 1.80. The van der Waals surface area contributed by atoms with E-state index < -0.39 is 0 Å². The molecular weight excluding hydrogens is 280 g/mol. The van der Waals surface area contributed by atoms with Gasteiger partial charge >= 0.3 is 0 Å². The first-order chi connectivity index (χ1) is 11.3. The van der Waals surface area contributed by atoms with Crippen LogP contribution in [0.15, 0.2) is 86.0 Å². The second-order valence-electron chi connectivity index (χ2n) is 5.73. The normalized spacial score (nSPS) is 13.2. The minimum Gasteiger partial charge on any atom is -0.367 e. The summed E-state index contributed by atoms with van der Waals surface area (Å²) >= 11 is 0. The molecule has 2 aromatic rings. The summed E-state index contributed by atoms with van der Waals surface area (Å²) in [6.07, 6.45) is 7.83. The number of rotatable bonds is 10. The van der Waals surface area contributed by atoms with Gasteiger partial charge in [-0.3, -0.25) is 0 Å². The van der Waals surface area contributed by atoms with Gasteiger partial charge in [-0.2, -0.15) is 0 Å². The SMILES string of the molecule is C=CC(CCc1ccccc1)OC(C=C)CCc1ccccc1. The fourth-order valence-electron chi connectivity index (χ4n) is 2.61. The van der Waals surface area contributed by atoms with Gasteiger partial charge in [-0.05, 0) is 36.8 Å². The van der Waals surface area contributed by atoms with E-state index >= 15 is 0 Å². The van der Waals surface area contributed by atoms with Crippen molar-refractivity contribution in [3.05, 3.63) is 97.1 Å². The molecule has 0 aliphatic heterocycles. The molecule has 0 spiro atoms. The van der Waals surface area contributed by atoms with E-state index in [1.54, 1.807) is 0 Å². The topological polar surface area (TPSA) is 9.23 Å². The van der Waals surface area contributed by atoms with Crippen LogP contribution in [0.2, 0.25) is 0 Å². The lowest BCUT2D eigenvalue weighted by atomic mass is 10.0. The van der Waals surface area contributed by atoms with Gasteiger partial charge in [0.25, 0.3) is 0 Å². The van der Waals surface area contributed by atoms with Crippen molar-refractivity contribution in [1.82, 2.24) is 0 Å². The van der Waals surface area contributed by atoms with Gasteiger partial charge in [-0.1, -0.05) is 72.8 Å². The number of hydrogen-bond acceptors (Lipinski definition) is 1. The molecule has 0 radical (unpaired) electrons. The van der Waals surface area contributed by atoms with E-state index in [0.717, 1.165) is 25.7 Å². The van der Waals surface area contributed by atoms with E-state index in [0.29, 0.717) is 0 Å². The molecule has 0 bridgehead atoms. The predicted octanol–water partition coefficient (Wildman–Crippen LogP) is 5.38. The molecule has 2 aromatic carbocycles. The van der Waals surface area contributed by atoms with Crippen molar-refractivity contribution in [3.8, 4) is 0 Å². The molecule has 0 saturated heterocycles. The molecule has 0 aliphatic rings. The first-order valence-corrected chi connectivity index (χ1v) is 8.30. The predicted molar refractivity (Wildman–Crippen MR) is 98.6 cm³/mol. The average molecular weight is 306 g/mol. The molecule has 23 heavy (non-hydrogen) atoms. The van der Waals surface area contributed by atoms with E-state index in [2.05, 4.69) is 61.7 Å². The van der Waals surface area contributed by atoms with E-state index in [1.807, 2.05) is 24.3 Å². The van der Waals surface area contributed by atoms with Gasteiger partial charge < -0.3 is 4.74 Å². The molecule has 0 aromatic heterocycles. The van der Waals surface area contributed by atoms with Crippen LogP contribution in [-0.4, -0.2) is 12.2 Å². The fraction of sp³-hybridized carbons (Fsp3) is 0.273. The quantitative estimate of drug-likeness (QED) is 0.536. The molecule has 0 N–H and O–H groups in total. The highest BCUT2D eigenvalue weighted by atomic mass is 16.5. The average Bonchev–Trinajstić information content (AvgIpc) is 2.63. The van der Waals surface area contributed by atoms with E-state index in [9.17, 15) is 0 Å². The monoisotopic (exact) mass is 306 g/mol. The Hall–Kier alpha value is -2.12. The van der Waals surface area contributed by atoms with Crippen LogP contribution >= 0.6 is 0 Å². The number of aryl methyl sites for hydroxylation is 2. The van der Waals surface area contributed by atoms with Crippen LogP contribution in [0, 0.1) is 0 Å². The van der Waals surface area contributed by atoms with Crippen LogP contribution in [0.5, 0.6) is 0 Å². The lowest BCUT2D eigenvalue weighted by molar-refractivity contribution is 0.0330. The maximum Gasteiger partial charge on any atom is 0.0764 e. The summed E-state index contributed by atoms with van der Waals surface area (Å²) in [6.45, 7) is 7.84. The molecule has 0 amide bonds. The Morgan fingerprint density at radius 1 is 0.696 bits per heavy atom. The summed E-state index contributed by atoms with van der Waals surface area (Å²) in [5.74, 6) is 0. The first kappa shape index (κ1) is 17.2. The largest absolute Gasteiger partial charge is 0.367 e.